The van der Waals surface area contributed by atoms with Gasteiger partial charge in [-0.15, -0.1) is 0 Å². The van der Waals surface area contributed by atoms with Crippen molar-refractivity contribution in [3.8, 4) is 0 Å². The van der Waals surface area contributed by atoms with E-state index in [1.54, 1.807) is 0 Å². The van der Waals surface area contributed by atoms with Crippen LogP contribution in [-0.2, 0) is 11.3 Å². The summed E-state index contributed by atoms with van der Waals surface area (Å²) < 4.78 is 7.04. The van der Waals surface area contributed by atoms with Gasteiger partial charge in [0.15, 0.2) is 0 Å². The van der Waals surface area contributed by atoms with Gasteiger partial charge < -0.3 is 9.64 Å². The first-order chi connectivity index (χ1) is 11.3. The first-order valence-electron chi connectivity index (χ1n) is 8.06. The molecule has 1 aromatic heterocycles. The van der Waals surface area contributed by atoms with Crippen LogP contribution in [0, 0.1) is 0 Å². The van der Waals surface area contributed by atoms with E-state index >= 15 is 0 Å². The Bertz CT molecular complexity index is 649. The number of ether oxygens (including phenoxy) is 1. The fourth-order valence-electron chi connectivity index (χ4n) is 3.51. The van der Waals surface area contributed by atoms with Crippen molar-refractivity contribution in [2.45, 2.75) is 18.7 Å². The first kappa shape index (κ1) is 15.1. The van der Waals surface area contributed by atoms with Crippen LogP contribution in [0.3, 0.4) is 0 Å². The highest BCUT2D eigenvalue weighted by Crippen LogP contribution is 2.27. The average molecular weight is 374 g/mol. The van der Waals surface area contributed by atoms with Gasteiger partial charge in [0.05, 0.1) is 18.8 Å². The van der Waals surface area contributed by atoms with Crippen molar-refractivity contribution in [3.05, 3.63) is 58.7 Å². The number of hydrogen-bond acceptors (Lipinski definition) is 4. The lowest BCUT2D eigenvalue weighted by atomic mass is 10.1. The van der Waals surface area contributed by atoms with Crippen molar-refractivity contribution in [2.24, 2.45) is 0 Å². The maximum Gasteiger partial charge on any atom is 0.128 e. The molecule has 5 heteroatoms. The molecule has 0 radical (unpaired) electrons. The predicted octanol–water partition coefficient (Wildman–Crippen LogP) is 2.93. The summed E-state index contributed by atoms with van der Waals surface area (Å²) in [6.45, 7) is 4.71. The van der Waals surface area contributed by atoms with Gasteiger partial charge in [-0.05, 0) is 33.6 Å². The van der Waals surface area contributed by atoms with Crippen molar-refractivity contribution in [3.63, 3.8) is 0 Å². The molecule has 0 aliphatic carbocycles. The molecular formula is C18H20BrN3O. The predicted molar refractivity (Wildman–Crippen MR) is 94.5 cm³/mol. The average Bonchev–Trinajstić information content (AvgIpc) is 3.02. The van der Waals surface area contributed by atoms with Crippen molar-refractivity contribution in [1.29, 1.82) is 0 Å². The third-order valence-electron chi connectivity index (χ3n) is 4.68. The van der Waals surface area contributed by atoms with E-state index in [1.165, 1.54) is 5.56 Å². The van der Waals surface area contributed by atoms with E-state index in [-0.39, 0.29) is 6.10 Å². The molecule has 23 heavy (non-hydrogen) atoms. The molecule has 0 N–H and O–H groups in total. The normalized spacial score (nSPS) is 24.7. The summed E-state index contributed by atoms with van der Waals surface area (Å²) in [7, 11) is 0. The van der Waals surface area contributed by atoms with E-state index in [9.17, 15) is 0 Å². The van der Waals surface area contributed by atoms with Gasteiger partial charge in [-0.2, -0.15) is 0 Å². The number of hydrogen-bond donors (Lipinski definition) is 0. The standard InChI is InChI=1S/C18H20BrN3O/c19-15-6-7-18(20-10-15)22-12-16-17(13-22)23-9-8-21(16)11-14-4-2-1-3-5-14/h1-7,10,16-17H,8-9,11-13H2. The molecule has 1 aromatic carbocycles. The lowest BCUT2D eigenvalue weighted by Gasteiger charge is -2.36. The van der Waals surface area contributed by atoms with Crippen LogP contribution in [0.5, 0.6) is 0 Å². The number of aromatic nitrogens is 1. The van der Waals surface area contributed by atoms with E-state index in [1.807, 2.05) is 12.3 Å². The van der Waals surface area contributed by atoms with Crippen LogP contribution in [-0.4, -0.2) is 48.3 Å². The Hall–Kier alpha value is -1.43. The summed E-state index contributed by atoms with van der Waals surface area (Å²) in [5, 5.41) is 0. The molecular weight excluding hydrogens is 354 g/mol. The van der Waals surface area contributed by atoms with Crippen LogP contribution in [0.2, 0.25) is 0 Å². The monoisotopic (exact) mass is 373 g/mol. The number of anilines is 1. The van der Waals surface area contributed by atoms with Crippen molar-refractivity contribution < 1.29 is 4.74 Å². The molecule has 120 valence electrons. The molecule has 0 amide bonds. The molecule has 2 aromatic rings. The number of morpholine rings is 1. The lowest BCUT2D eigenvalue weighted by Crippen LogP contribution is -2.50. The highest BCUT2D eigenvalue weighted by Gasteiger charge is 2.40. The molecule has 4 nitrogen and oxygen atoms in total. The van der Waals surface area contributed by atoms with Gasteiger partial charge in [0.1, 0.15) is 5.82 Å². The second kappa shape index (κ2) is 6.59. The molecule has 4 rings (SSSR count). The smallest absolute Gasteiger partial charge is 0.128 e. The van der Waals surface area contributed by atoms with Crippen LogP contribution in [0.25, 0.3) is 0 Å². The lowest BCUT2D eigenvalue weighted by molar-refractivity contribution is -0.0499. The van der Waals surface area contributed by atoms with E-state index in [0.29, 0.717) is 6.04 Å². The molecule has 2 unspecified atom stereocenters. The van der Waals surface area contributed by atoms with Gasteiger partial charge in [-0.3, -0.25) is 4.90 Å². The Balaban J connectivity index is 1.49. The van der Waals surface area contributed by atoms with E-state index < -0.39 is 0 Å². The molecule has 0 bridgehead atoms. The summed E-state index contributed by atoms with van der Waals surface area (Å²) in [6, 6.07) is 15.3. The van der Waals surface area contributed by atoms with Gasteiger partial charge in [0, 0.05) is 36.8 Å². The van der Waals surface area contributed by atoms with E-state index in [0.717, 1.165) is 43.1 Å². The van der Waals surface area contributed by atoms with E-state index in [2.05, 4.69) is 67.1 Å². The molecule has 0 spiro atoms. The molecule has 2 fully saturated rings. The third-order valence-corrected chi connectivity index (χ3v) is 5.15. The van der Waals surface area contributed by atoms with Gasteiger partial charge in [0.25, 0.3) is 0 Å². The molecule has 2 aliphatic rings. The van der Waals surface area contributed by atoms with Crippen molar-refractivity contribution in [1.82, 2.24) is 9.88 Å². The van der Waals surface area contributed by atoms with Crippen LogP contribution in [0.15, 0.2) is 53.1 Å². The molecule has 2 aliphatic heterocycles. The number of benzene rings is 1. The Labute approximate surface area is 145 Å². The van der Waals surface area contributed by atoms with Gasteiger partial charge in [-0.25, -0.2) is 4.98 Å². The molecule has 3 heterocycles. The van der Waals surface area contributed by atoms with Gasteiger partial charge >= 0.3 is 0 Å². The Kier molecular flexibility index (Phi) is 4.33. The van der Waals surface area contributed by atoms with Crippen LogP contribution >= 0.6 is 15.9 Å². The number of fused-ring (bicyclic) bond motifs is 1. The Morgan fingerprint density at radius 1 is 1.13 bits per heavy atom. The number of rotatable bonds is 3. The van der Waals surface area contributed by atoms with Crippen molar-refractivity contribution >= 4 is 21.7 Å². The number of halogens is 1. The van der Waals surface area contributed by atoms with Crippen LogP contribution in [0.1, 0.15) is 5.56 Å². The fourth-order valence-corrected chi connectivity index (χ4v) is 3.75. The zero-order valence-corrected chi connectivity index (χ0v) is 14.5. The summed E-state index contributed by atoms with van der Waals surface area (Å²) in [5.74, 6) is 1.03. The zero-order chi connectivity index (χ0) is 15.6. The minimum absolute atomic E-state index is 0.276. The Morgan fingerprint density at radius 3 is 2.78 bits per heavy atom. The quantitative estimate of drug-likeness (QED) is 0.826. The SMILES string of the molecule is Brc1ccc(N2CC3OCCN(Cc4ccccc4)C3C2)nc1. The zero-order valence-electron chi connectivity index (χ0n) is 12.9. The Morgan fingerprint density at radius 2 is 2.00 bits per heavy atom. The number of nitrogens with zero attached hydrogens (tertiary/aromatic N) is 3. The molecule has 2 saturated heterocycles. The van der Waals surface area contributed by atoms with Crippen LogP contribution in [0.4, 0.5) is 5.82 Å². The van der Waals surface area contributed by atoms with Crippen LogP contribution < -0.4 is 4.90 Å². The minimum atomic E-state index is 0.276. The fraction of sp³-hybridized carbons (Fsp3) is 0.389. The highest BCUT2D eigenvalue weighted by molar-refractivity contribution is 9.10. The first-order valence-corrected chi connectivity index (χ1v) is 8.85. The third kappa shape index (κ3) is 3.27. The molecule has 2 atom stereocenters. The van der Waals surface area contributed by atoms with Crippen molar-refractivity contribution in [2.75, 3.05) is 31.1 Å². The highest BCUT2D eigenvalue weighted by atomic mass is 79.9. The maximum atomic E-state index is 6.02. The molecule has 0 saturated carbocycles. The summed E-state index contributed by atoms with van der Waals surface area (Å²) in [5.41, 5.74) is 1.37. The second-order valence-corrected chi connectivity index (χ2v) is 7.09. The van der Waals surface area contributed by atoms with E-state index in [4.69, 9.17) is 4.74 Å². The van der Waals surface area contributed by atoms with Gasteiger partial charge in [-0.1, -0.05) is 30.3 Å². The number of pyridine rings is 1. The maximum absolute atomic E-state index is 6.02. The summed E-state index contributed by atoms with van der Waals surface area (Å²) in [4.78, 5) is 9.43. The topological polar surface area (TPSA) is 28.6 Å². The van der Waals surface area contributed by atoms with Gasteiger partial charge in [0.2, 0.25) is 0 Å². The minimum Gasteiger partial charge on any atom is -0.373 e. The summed E-state index contributed by atoms with van der Waals surface area (Å²) in [6.07, 6.45) is 2.14. The largest absolute Gasteiger partial charge is 0.373 e. The second-order valence-electron chi connectivity index (χ2n) is 6.17. The summed E-state index contributed by atoms with van der Waals surface area (Å²) >= 11 is 3.45.